The quantitative estimate of drug-likeness (QED) is 0.874. The lowest BCUT2D eigenvalue weighted by Gasteiger charge is -2.37. The molecule has 0 bridgehead atoms. The SMILES string of the molecule is CC(C)(C)OC(=O)N1CCC(N)(c2nc3ccccc3o2)CC1. The van der Waals surface area contributed by atoms with E-state index in [0.29, 0.717) is 31.8 Å². The zero-order valence-electron chi connectivity index (χ0n) is 13.8. The third kappa shape index (κ3) is 3.32. The molecule has 6 nitrogen and oxygen atoms in total. The van der Waals surface area contributed by atoms with E-state index in [1.807, 2.05) is 45.0 Å². The first kappa shape index (κ1) is 15.8. The van der Waals surface area contributed by atoms with Crippen LogP contribution >= 0.6 is 0 Å². The van der Waals surface area contributed by atoms with Crippen molar-refractivity contribution in [3.8, 4) is 0 Å². The molecule has 6 heteroatoms. The average molecular weight is 317 g/mol. The molecule has 0 aliphatic carbocycles. The summed E-state index contributed by atoms with van der Waals surface area (Å²) >= 11 is 0. The van der Waals surface area contributed by atoms with Gasteiger partial charge >= 0.3 is 6.09 Å². The largest absolute Gasteiger partial charge is 0.444 e. The van der Waals surface area contributed by atoms with Crippen molar-refractivity contribution in [3.05, 3.63) is 30.2 Å². The van der Waals surface area contributed by atoms with Crippen molar-refractivity contribution in [2.75, 3.05) is 13.1 Å². The van der Waals surface area contributed by atoms with Crippen LogP contribution in [-0.4, -0.2) is 34.7 Å². The molecule has 0 saturated carbocycles. The lowest BCUT2D eigenvalue weighted by atomic mass is 9.88. The Balaban J connectivity index is 1.70. The standard InChI is InChI=1S/C17H23N3O3/c1-16(2,3)23-15(21)20-10-8-17(18,9-11-20)14-19-12-6-4-5-7-13(12)22-14/h4-7H,8-11,18H2,1-3H3. The number of rotatable bonds is 1. The third-order valence-corrected chi connectivity index (χ3v) is 4.03. The molecule has 1 aliphatic rings. The van der Waals surface area contributed by atoms with E-state index in [0.717, 1.165) is 11.1 Å². The molecule has 0 radical (unpaired) electrons. The van der Waals surface area contributed by atoms with Gasteiger partial charge in [0.25, 0.3) is 0 Å². The van der Waals surface area contributed by atoms with Crippen molar-refractivity contribution < 1.29 is 13.9 Å². The summed E-state index contributed by atoms with van der Waals surface area (Å²) in [5.41, 5.74) is 6.91. The van der Waals surface area contributed by atoms with Crippen LogP contribution in [0.1, 0.15) is 39.5 Å². The number of amides is 1. The summed E-state index contributed by atoms with van der Waals surface area (Å²) in [4.78, 5) is 18.3. The Morgan fingerprint density at radius 1 is 1.30 bits per heavy atom. The number of carbonyl (C=O) groups is 1. The lowest BCUT2D eigenvalue weighted by Crippen LogP contribution is -2.50. The average Bonchev–Trinajstić information content (AvgIpc) is 2.91. The summed E-state index contributed by atoms with van der Waals surface area (Å²) in [6.45, 7) is 6.65. The van der Waals surface area contributed by atoms with Crippen molar-refractivity contribution in [1.82, 2.24) is 9.88 Å². The fraction of sp³-hybridized carbons (Fsp3) is 0.529. The second-order valence-electron chi connectivity index (χ2n) is 7.11. The number of piperidine rings is 1. The highest BCUT2D eigenvalue weighted by Crippen LogP contribution is 2.32. The van der Waals surface area contributed by atoms with Gasteiger partial charge in [0, 0.05) is 13.1 Å². The highest BCUT2D eigenvalue weighted by Gasteiger charge is 2.39. The van der Waals surface area contributed by atoms with Crippen LogP contribution in [0.4, 0.5) is 4.79 Å². The van der Waals surface area contributed by atoms with Crippen LogP contribution in [0.2, 0.25) is 0 Å². The number of fused-ring (bicyclic) bond motifs is 1. The molecule has 2 heterocycles. The summed E-state index contributed by atoms with van der Waals surface area (Å²) in [6.07, 6.45) is 0.898. The smallest absolute Gasteiger partial charge is 0.410 e. The molecule has 1 aromatic heterocycles. The van der Waals surface area contributed by atoms with E-state index in [2.05, 4.69) is 4.98 Å². The maximum Gasteiger partial charge on any atom is 0.410 e. The molecule has 23 heavy (non-hydrogen) atoms. The topological polar surface area (TPSA) is 81.6 Å². The van der Waals surface area contributed by atoms with Gasteiger partial charge in [-0.05, 0) is 45.7 Å². The van der Waals surface area contributed by atoms with Gasteiger partial charge in [0.05, 0.1) is 5.54 Å². The molecule has 1 aromatic carbocycles. The molecule has 1 saturated heterocycles. The summed E-state index contributed by atoms with van der Waals surface area (Å²) in [5.74, 6) is 0.544. The number of hydrogen-bond donors (Lipinski definition) is 1. The monoisotopic (exact) mass is 317 g/mol. The maximum absolute atomic E-state index is 12.1. The highest BCUT2D eigenvalue weighted by molar-refractivity contribution is 5.72. The van der Waals surface area contributed by atoms with E-state index in [9.17, 15) is 4.79 Å². The van der Waals surface area contributed by atoms with Crippen LogP contribution in [0.15, 0.2) is 28.7 Å². The van der Waals surface area contributed by atoms with Gasteiger partial charge in [-0.2, -0.15) is 0 Å². The minimum absolute atomic E-state index is 0.294. The summed E-state index contributed by atoms with van der Waals surface area (Å²) in [7, 11) is 0. The second-order valence-corrected chi connectivity index (χ2v) is 7.11. The fourth-order valence-electron chi connectivity index (χ4n) is 2.71. The van der Waals surface area contributed by atoms with Crippen LogP contribution in [0.3, 0.4) is 0 Å². The number of ether oxygens (including phenoxy) is 1. The number of likely N-dealkylation sites (tertiary alicyclic amines) is 1. The molecule has 2 N–H and O–H groups in total. The molecule has 0 atom stereocenters. The summed E-state index contributed by atoms with van der Waals surface area (Å²) in [6, 6.07) is 7.61. The van der Waals surface area contributed by atoms with E-state index in [-0.39, 0.29) is 6.09 Å². The van der Waals surface area contributed by atoms with Crippen molar-refractivity contribution >= 4 is 17.2 Å². The number of oxazole rings is 1. The van der Waals surface area contributed by atoms with Gasteiger partial charge in [0.15, 0.2) is 5.58 Å². The minimum Gasteiger partial charge on any atom is -0.444 e. The molecule has 124 valence electrons. The number of para-hydroxylation sites is 2. The first-order valence-corrected chi connectivity index (χ1v) is 7.90. The van der Waals surface area contributed by atoms with Crippen molar-refractivity contribution in [1.29, 1.82) is 0 Å². The molecular formula is C17H23N3O3. The van der Waals surface area contributed by atoms with Crippen LogP contribution in [-0.2, 0) is 10.3 Å². The Morgan fingerprint density at radius 2 is 1.96 bits per heavy atom. The molecule has 1 amide bonds. The number of nitrogens with two attached hydrogens (primary N) is 1. The fourth-order valence-corrected chi connectivity index (χ4v) is 2.71. The number of carbonyl (C=O) groups excluding carboxylic acids is 1. The molecule has 2 aromatic rings. The van der Waals surface area contributed by atoms with Crippen LogP contribution < -0.4 is 5.73 Å². The molecule has 1 aliphatic heterocycles. The van der Waals surface area contributed by atoms with Crippen molar-refractivity contribution in [2.24, 2.45) is 5.73 Å². The van der Waals surface area contributed by atoms with Gasteiger partial charge < -0.3 is 19.8 Å². The van der Waals surface area contributed by atoms with E-state index in [1.165, 1.54) is 0 Å². The Morgan fingerprint density at radius 3 is 2.57 bits per heavy atom. The number of hydrogen-bond acceptors (Lipinski definition) is 5. The summed E-state index contributed by atoms with van der Waals surface area (Å²) in [5, 5.41) is 0. The highest BCUT2D eigenvalue weighted by atomic mass is 16.6. The predicted molar refractivity (Wildman–Crippen MR) is 86.9 cm³/mol. The normalized spacial score (nSPS) is 18.2. The molecule has 1 fully saturated rings. The number of benzene rings is 1. The third-order valence-electron chi connectivity index (χ3n) is 4.03. The maximum atomic E-state index is 12.1. The van der Waals surface area contributed by atoms with Crippen molar-refractivity contribution in [3.63, 3.8) is 0 Å². The van der Waals surface area contributed by atoms with Gasteiger partial charge in [-0.3, -0.25) is 0 Å². The van der Waals surface area contributed by atoms with E-state index >= 15 is 0 Å². The zero-order valence-corrected chi connectivity index (χ0v) is 13.8. The second kappa shape index (κ2) is 5.53. The van der Waals surface area contributed by atoms with E-state index < -0.39 is 11.1 Å². The Bertz CT molecular complexity index is 676. The predicted octanol–water partition coefficient (Wildman–Crippen LogP) is 3.01. The van der Waals surface area contributed by atoms with Crippen LogP contribution in [0.5, 0.6) is 0 Å². The Labute approximate surface area is 135 Å². The number of nitrogens with zero attached hydrogens (tertiary/aromatic N) is 2. The van der Waals surface area contributed by atoms with Gasteiger partial charge in [-0.15, -0.1) is 0 Å². The van der Waals surface area contributed by atoms with Gasteiger partial charge in [-0.1, -0.05) is 12.1 Å². The minimum atomic E-state index is -0.641. The Hall–Kier alpha value is -2.08. The first-order chi connectivity index (χ1) is 10.8. The van der Waals surface area contributed by atoms with E-state index in [1.54, 1.807) is 4.90 Å². The molecular weight excluding hydrogens is 294 g/mol. The zero-order chi connectivity index (χ0) is 16.7. The van der Waals surface area contributed by atoms with E-state index in [4.69, 9.17) is 14.9 Å². The van der Waals surface area contributed by atoms with Crippen LogP contribution in [0, 0.1) is 0 Å². The molecule has 0 spiro atoms. The van der Waals surface area contributed by atoms with Crippen molar-refractivity contribution in [2.45, 2.75) is 44.8 Å². The number of aromatic nitrogens is 1. The van der Waals surface area contributed by atoms with Gasteiger partial charge in [0.1, 0.15) is 11.1 Å². The van der Waals surface area contributed by atoms with Crippen LogP contribution in [0.25, 0.3) is 11.1 Å². The molecule has 0 unspecified atom stereocenters. The van der Waals surface area contributed by atoms with Gasteiger partial charge in [-0.25, -0.2) is 9.78 Å². The first-order valence-electron chi connectivity index (χ1n) is 7.90. The Kier molecular flexibility index (Phi) is 3.80. The summed E-state index contributed by atoms with van der Waals surface area (Å²) < 4.78 is 11.2. The lowest BCUT2D eigenvalue weighted by molar-refractivity contribution is 0.0153. The molecule has 3 rings (SSSR count). The van der Waals surface area contributed by atoms with Gasteiger partial charge in [0.2, 0.25) is 5.89 Å².